The van der Waals surface area contributed by atoms with Gasteiger partial charge in [0, 0.05) is 17.4 Å². The van der Waals surface area contributed by atoms with Crippen molar-refractivity contribution < 1.29 is 4.79 Å². The highest BCUT2D eigenvalue weighted by molar-refractivity contribution is 5.90. The van der Waals surface area contributed by atoms with Crippen LogP contribution in [0.5, 0.6) is 0 Å². The van der Waals surface area contributed by atoms with Gasteiger partial charge in [-0.1, -0.05) is 65.7 Å². The topological polar surface area (TPSA) is 55.1 Å². The Morgan fingerprint density at radius 3 is 2.22 bits per heavy atom. The van der Waals surface area contributed by atoms with Crippen molar-refractivity contribution in [1.29, 1.82) is 0 Å². The van der Waals surface area contributed by atoms with Crippen LogP contribution in [0.25, 0.3) is 11.5 Å². The Morgan fingerprint density at radius 1 is 0.838 bits per heavy atom. The molecule has 184 valence electrons. The number of fused-ring (bicyclic) bond motifs is 3. The van der Waals surface area contributed by atoms with E-state index in [1.165, 1.54) is 5.56 Å². The number of hydrogen-bond donors (Lipinski definition) is 1. The molecule has 1 aliphatic rings. The summed E-state index contributed by atoms with van der Waals surface area (Å²) in [6, 6.07) is 30.2. The van der Waals surface area contributed by atoms with Crippen molar-refractivity contribution in [2.24, 2.45) is 0 Å². The minimum absolute atomic E-state index is 0.151. The number of nitrogens with one attached hydrogen (secondary N) is 1. The van der Waals surface area contributed by atoms with Gasteiger partial charge in [0.25, 0.3) is 0 Å². The van der Waals surface area contributed by atoms with Crippen LogP contribution < -0.4 is 5.32 Å². The summed E-state index contributed by atoms with van der Waals surface area (Å²) in [5.74, 6) is 0.964. The molecule has 6 heteroatoms. The smallest absolute Gasteiger partial charge is 0.308 e. The van der Waals surface area contributed by atoms with E-state index in [1.807, 2.05) is 72.0 Å². The molecule has 2 amide bonds. The Balaban J connectivity index is 1.53. The lowest BCUT2D eigenvalue weighted by atomic mass is 10.0. The van der Waals surface area contributed by atoms with Gasteiger partial charge in [0.1, 0.15) is 5.82 Å². The van der Waals surface area contributed by atoms with Crippen molar-refractivity contribution in [3.63, 3.8) is 0 Å². The van der Waals surface area contributed by atoms with Crippen molar-refractivity contribution in [1.82, 2.24) is 19.2 Å². The molecule has 2 aromatic heterocycles. The first-order chi connectivity index (χ1) is 18.0. The minimum atomic E-state index is -0.280. The molecule has 1 unspecified atom stereocenters. The van der Waals surface area contributed by atoms with Crippen LogP contribution in [0.3, 0.4) is 0 Å². The average molecular weight is 488 g/mol. The molecule has 0 fully saturated rings. The summed E-state index contributed by atoms with van der Waals surface area (Å²) >= 11 is 0. The van der Waals surface area contributed by atoms with Crippen LogP contribution in [0.2, 0.25) is 0 Å². The second-order valence-electron chi connectivity index (χ2n) is 9.68. The quantitative estimate of drug-likeness (QED) is 0.307. The number of aryl methyl sites for hydroxylation is 3. The second kappa shape index (κ2) is 9.13. The highest BCUT2D eigenvalue weighted by Crippen LogP contribution is 2.38. The number of benzene rings is 3. The third-order valence-electron chi connectivity index (χ3n) is 7.04. The number of para-hydroxylation sites is 1. The summed E-state index contributed by atoms with van der Waals surface area (Å²) in [4.78, 5) is 15.9. The number of urea groups is 1. The van der Waals surface area contributed by atoms with E-state index < -0.39 is 0 Å². The first-order valence-corrected chi connectivity index (χ1v) is 12.5. The van der Waals surface area contributed by atoms with Crippen LogP contribution in [-0.4, -0.2) is 25.3 Å². The van der Waals surface area contributed by atoms with Gasteiger partial charge >= 0.3 is 6.03 Å². The van der Waals surface area contributed by atoms with Crippen molar-refractivity contribution in [3.05, 3.63) is 131 Å². The predicted octanol–water partition coefficient (Wildman–Crippen LogP) is 6.73. The van der Waals surface area contributed by atoms with Gasteiger partial charge in [0.15, 0.2) is 0 Å². The van der Waals surface area contributed by atoms with E-state index in [-0.39, 0.29) is 12.1 Å². The molecule has 37 heavy (non-hydrogen) atoms. The number of aromatic nitrogens is 3. The zero-order valence-electron chi connectivity index (χ0n) is 21.2. The summed E-state index contributed by atoms with van der Waals surface area (Å²) in [5.41, 5.74) is 8.08. The van der Waals surface area contributed by atoms with Crippen LogP contribution in [0.15, 0.2) is 97.2 Å². The van der Waals surface area contributed by atoms with Crippen LogP contribution in [0.1, 0.15) is 39.7 Å². The van der Waals surface area contributed by atoms with Crippen LogP contribution in [0, 0.1) is 20.8 Å². The molecular weight excluding hydrogens is 458 g/mol. The maximum absolute atomic E-state index is 14.0. The monoisotopic (exact) mass is 487 g/mol. The Hall–Kier alpha value is -4.58. The largest absolute Gasteiger partial charge is 0.322 e. The molecule has 1 atom stereocenters. The molecular formula is C31H29N5O. The standard InChI is InChI=1S/C31H29N5O/c1-21-11-15-24(16-12-21)29-28-10-7-19-34(28)30-27(23(3)33-36(30)26-8-5-4-6-9-26)20-35(29)31(37)32-25-17-13-22(2)14-18-25/h4-19,29H,20H2,1-3H3,(H,32,37). The lowest BCUT2D eigenvalue weighted by molar-refractivity contribution is 0.194. The Kier molecular flexibility index (Phi) is 5.64. The zero-order valence-corrected chi connectivity index (χ0v) is 21.2. The number of carbonyl (C=O) groups excluding carboxylic acids is 1. The van der Waals surface area contributed by atoms with E-state index in [4.69, 9.17) is 5.10 Å². The number of carbonyl (C=O) groups is 1. The molecule has 3 heterocycles. The number of amides is 2. The van der Waals surface area contributed by atoms with Crippen molar-refractivity contribution in [2.75, 3.05) is 5.32 Å². The highest BCUT2D eigenvalue weighted by atomic mass is 16.2. The Morgan fingerprint density at radius 2 is 1.51 bits per heavy atom. The molecule has 0 saturated carbocycles. The molecule has 6 rings (SSSR count). The van der Waals surface area contributed by atoms with Crippen LogP contribution in [0.4, 0.5) is 10.5 Å². The molecule has 1 aliphatic heterocycles. The van der Waals surface area contributed by atoms with Gasteiger partial charge in [-0.05, 0) is 62.7 Å². The Labute approximate surface area is 216 Å². The van der Waals surface area contributed by atoms with E-state index in [1.54, 1.807) is 0 Å². The fraction of sp³-hybridized carbons (Fsp3) is 0.161. The fourth-order valence-electron chi connectivity index (χ4n) is 5.08. The third kappa shape index (κ3) is 4.10. The van der Waals surface area contributed by atoms with E-state index in [2.05, 4.69) is 65.5 Å². The van der Waals surface area contributed by atoms with E-state index in [0.717, 1.165) is 45.3 Å². The molecule has 3 aromatic carbocycles. The van der Waals surface area contributed by atoms with Crippen molar-refractivity contribution in [2.45, 2.75) is 33.4 Å². The molecule has 5 aromatic rings. The Bertz CT molecular complexity index is 1560. The van der Waals surface area contributed by atoms with Gasteiger partial charge in [-0.15, -0.1) is 0 Å². The zero-order chi connectivity index (χ0) is 25.5. The summed E-state index contributed by atoms with van der Waals surface area (Å²) in [6.45, 7) is 6.56. The van der Waals surface area contributed by atoms with Gasteiger partial charge in [0.2, 0.25) is 0 Å². The lowest BCUT2D eigenvalue weighted by Crippen LogP contribution is -2.38. The molecule has 0 spiro atoms. The maximum atomic E-state index is 14.0. The summed E-state index contributed by atoms with van der Waals surface area (Å²) in [5, 5.41) is 8.06. The molecule has 0 radical (unpaired) electrons. The van der Waals surface area contributed by atoms with E-state index in [0.29, 0.717) is 6.54 Å². The normalized spacial score (nSPS) is 14.6. The molecule has 0 saturated heterocycles. The van der Waals surface area contributed by atoms with E-state index >= 15 is 0 Å². The molecule has 0 bridgehead atoms. The number of hydrogen-bond acceptors (Lipinski definition) is 2. The predicted molar refractivity (Wildman–Crippen MR) is 146 cm³/mol. The fourth-order valence-corrected chi connectivity index (χ4v) is 5.08. The lowest BCUT2D eigenvalue weighted by Gasteiger charge is -2.31. The highest BCUT2D eigenvalue weighted by Gasteiger charge is 2.36. The van der Waals surface area contributed by atoms with Gasteiger partial charge in [0.05, 0.1) is 29.7 Å². The summed E-state index contributed by atoms with van der Waals surface area (Å²) in [7, 11) is 0. The first kappa shape index (κ1) is 22.9. The molecule has 0 aliphatic carbocycles. The van der Waals surface area contributed by atoms with Crippen LogP contribution in [-0.2, 0) is 6.54 Å². The van der Waals surface area contributed by atoms with E-state index in [9.17, 15) is 4.79 Å². The third-order valence-corrected chi connectivity index (χ3v) is 7.04. The van der Waals surface area contributed by atoms with Gasteiger partial charge in [-0.2, -0.15) is 5.10 Å². The molecule has 6 nitrogen and oxygen atoms in total. The van der Waals surface area contributed by atoms with Gasteiger partial charge in [-0.3, -0.25) is 0 Å². The second-order valence-corrected chi connectivity index (χ2v) is 9.68. The minimum Gasteiger partial charge on any atom is -0.308 e. The van der Waals surface area contributed by atoms with Crippen molar-refractivity contribution in [3.8, 4) is 11.5 Å². The summed E-state index contributed by atoms with van der Waals surface area (Å²) < 4.78 is 4.17. The SMILES string of the molecule is Cc1ccc(NC(=O)N2Cc3c(C)nn(-c4ccccc4)c3-n3cccc3C2c2ccc(C)cc2)cc1. The van der Waals surface area contributed by atoms with Crippen LogP contribution >= 0.6 is 0 Å². The maximum Gasteiger partial charge on any atom is 0.322 e. The molecule has 1 N–H and O–H groups in total. The number of nitrogens with zero attached hydrogens (tertiary/aromatic N) is 4. The number of anilines is 1. The van der Waals surface area contributed by atoms with Crippen molar-refractivity contribution >= 4 is 11.7 Å². The van der Waals surface area contributed by atoms with Gasteiger partial charge < -0.3 is 14.8 Å². The average Bonchev–Trinajstić information content (AvgIpc) is 3.47. The van der Waals surface area contributed by atoms with Gasteiger partial charge in [-0.25, -0.2) is 9.48 Å². The first-order valence-electron chi connectivity index (χ1n) is 12.5. The number of rotatable bonds is 3. The summed E-state index contributed by atoms with van der Waals surface area (Å²) in [6.07, 6.45) is 2.07.